The number of urea groups is 1. The fraction of sp³-hybridized carbons (Fsp3) is 0.846. The molecule has 0 aromatic carbocycles. The van der Waals surface area contributed by atoms with E-state index in [4.69, 9.17) is 5.11 Å². The highest BCUT2D eigenvalue weighted by molar-refractivity contribution is 5.76. The minimum Gasteiger partial charge on any atom is -0.481 e. The first-order chi connectivity index (χ1) is 8.40. The van der Waals surface area contributed by atoms with Crippen LogP contribution >= 0.6 is 0 Å². The molecule has 18 heavy (non-hydrogen) atoms. The smallest absolute Gasteiger partial charge is 0.317 e. The number of carbonyl (C=O) groups excluding carboxylic acids is 1. The second-order valence-electron chi connectivity index (χ2n) is 6.20. The number of piperidine rings is 1. The van der Waals surface area contributed by atoms with Gasteiger partial charge in [-0.15, -0.1) is 0 Å². The number of carbonyl (C=O) groups is 2. The molecule has 0 radical (unpaired) electrons. The van der Waals surface area contributed by atoms with Crippen molar-refractivity contribution in [3.63, 3.8) is 0 Å². The minimum absolute atomic E-state index is 0.108. The summed E-state index contributed by atoms with van der Waals surface area (Å²) in [6.45, 7) is 6.12. The van der Waals surface area contributed by atoms with Gasteiger partial charge < -0.3 is 15.3 Å². The third-order valence-electron chi connectivity index (χ3n) is 4.28. The van der Waals surface area contributed by atoms with E-state index in [1.54, 1.807) is 4.90 Å². The molecule has 2 rings (SSSR count). The van der Waals surface area contributed by atoms with E-state index in [0.717, 1.165) is 12.8 Å². The van der Waals surface area contributed by atoms with Gasteiger partial charge in [-0.05, 0) is 30.6 Å². The monoisotopic (exact) mass is 254 g/mol. The molecule has 102 valence electrons. The van der Waals surface area contributed by atoms with Crippen LogP contribution in [-0.4, -0.2) is 41.6 Å². The summed E-state index contributed by atoms with van der Waals surface area (Å²) in [5.74, 6) is -0.626. The molecule has 1 unspecified atom stereocenters. The Morgan fingerprint density at radius 3 is 2.67 bits per heavy atom. The Hall–Kier alpha value is -1.26. The third kappa shape index (κ3) is 2.94. The zero-order chi connectivity index (χ0) is 13.3. The average Bonchev–Trinajstić information content (AvgIpc) is 2.94. The largest absolute Gasteiger partial charge is 0.481 e. The standard InChI is InChI=1S/C13H22N2O3/c1-13(2)6-10(13)7-14-12(18)15-5-3-4-9(8-15)11(16)17/h9-10H,3-8H2,1-2H3,(H,14,18)(H,16,17)/t9-,10?/m1/s1. The summed E-state index contributed by atoms with van der Waals surface area (Å²) in [4.78, 5) is 24.5. The van der Waals surface area contributed by atoms with Gasteiger partial charge in [-0.1, -0.05) is 13.8 Å². The summed E-state index contributed by atoms with van der Waals surface area (Å²) >= 11 is 0. The van der Waals surface area contributed by atoms with E-state index in [9.17, 15) is 9.59 Å². The first kappa shape index (κ1) is 13.2. The summed E-state index contributed by atoms with van der Waals surface area (Å²) in [5.41, 5.74) is 0.360. The van der Waals surface area contributed by atoms with Crippen molar-refractivity contribution in [1.82, 2.24) is 10.2 Å². The molecular weight excluding hydrogens is 232 g/mol. The lowest BCUT2D eigenvalue weighted by atomic mass is 9.99. The van der Waals surface area contributed by atoms with Crippen molar-refractivity contribution in [2.75, 3.05) is 19.6 Å². The fourth-order valence-corrected chi connectivity index (χ4v) is 2.61. The van der Waals surface area contributed by atoms with E-state index in [0.29, 0.717) is 37.4 Å². The molecule has 0 spiro atoms. The lowest BCUT2D eigenvalue weighted by Gasteiger charge is -2.30. The second kappa shape index (κ2) is 4.78. The number of hydrogen-bond acceptors (Lipinski definition) is 2. The zero-order valence-electron chi connectivity index (χ0n) is 11.1. The Balaban J connectivity index is 1.76. The van der Waals surface area contributed by atoms with Crippen LogP contribution in [0.3, 0.4) is 0 Å². The van der Waals surface area contributed by atoms with Crippen molar-refractivity contribution >= 4 is 12.0 Å². The molecule has 2 aliphatic rings. The van der Waals surface area contributed by atoms with Crippen molar-refractivity contribution in [1.29, 1.82) is 0 Å². The molecule has 1 aliphatic carbocycles. The molecular formula is C13H22N2O3. The molecule has 1 heterocycles. The second-order valence-corrected chi connectivity index (χ2v) is 6.20. The Bertz CT molecular complexity index is 354. The number of nitrogens with one attached hydrogen (secondary N) is 1. The highest BCUT2D eigenvalue weighted by atomic mass is 16.4. The molecule has 0 bridgehead atoms. The molecule has 2 fully saturated rings. The minimum atomic E-state index is -0.796. The first-order valence-corrected chi connectivity index (χ1v) is 6.66. The maximum absolute atomic E-state index is 11.9. The summed E-state index contributed by atoms with van der Waals surface area (Å²) in [7, 11) is 0. The molecule has 0 aromatic rings. The molecule has 2 amide bonds. The molecule has 5 heteroatoms. The van der Waals surface area contributed by atoms with Gasteiger partial charge in [0.05, 0.1) is 5.92 Å². The summed E-state index contributed by atoms with van der Waals surface area (Å²) in [5, 5.41) is 11.9. The Morgan fingerprint density at radius 2 is 2.11 bits per heavy atom. The van der Waals surface area contributed by atoms with Gasteiger partial charge in [0.2, 0.25) is 0 Å². The van der Waals surface area contributed by atoms with Crippen LogP contribution in [0, 0.1) is 17.3 Å². The zero-order valence-corrected chi connectivity index (χ0v) is 11.1. The molecule has 1 saturated heterocycles. The van der Waals surface area contributed by atoms with Crippen LogP contribution in [0.15, 0.2) is 0 Å². The van der Waals surface area contributed by atoms with E-state index in [2.05, 4.69) is 19.2 Å². The van der Waals surface area contributed by atoms with Crippen LogP contribution in [0.2, 0.25) is 0 Å². The van der Waals surface area contributed by atoms with Gasteiger partial charge in [0.25, 0.3) is 0 Å². The van der Waals surface area contributed by atoms with Crippen molar-refractivity contribution < 1.29 is 14.7 Å². The van der Waals surface area contributed by atoms with Gasteiger partial charge in [-0.2, -0.15) is 0 Å². The lowest BCUT2D eigenvalue weighted by molar-refractivity contribution is -0.143. The van der Waals surface area contributed by atoms with Crippen LogP contribution < -0.4 is 5.32 Å². The Labute approximate surface area is 108 Å². The Morgan fingerprint density at radius 1 is 1.44 bits per heavy atom. The van der Waals surface area contributed by atoms with Crippen LogP contribution in [0.25, 0.3) is 0 Å². The first-order valence-electron chi connectivity index (χ1n) is 6.66. The van der Waals surface area contributed by atoms with Crippen LogP contribution in [-0.2, 0) is 4.79 Å². The van der Waals surface area contributed by atoms with E-state index in [-0.39, 0.29) is 6.03 Å². The number of carboxylic acids is 1. The van der Waals surface area contributed by atoms with Gasteiger partial charge in [-0.25, -0.2) is 4.79 Å². The Kier molecular flexibility index (Phi) is 3.50. The fourth-order valence-electron chi connectivity index (χ4n) is 2.61. The topological polar surface area (TPSA) is 69.6 Å². The van der Waals surface area contributed by atoms with E-state index >= 15 is 0 Å². The normalized spacial score (nSPS) is 29.8. The summed E-state index contributed by atoms with van der Waals surface area (Å²) < 4.78 is 0. The molecule has 1 saturated carbocycles. The van der Waals surface area contributed by atoms with E-state index < -0.39 is 11.9 Å². The van der Waals surface area contributed by atoms with Crippen LogP contribution in [0.4, 0.5) is 4.79 Å². The number of likely N-dealkylation sites (tertiary alicyclic amines) is 1. The SMILES string of the molecule is CC1(C)CC1CNC(=O)N1CCC[C@@H](C(=O)O)C1. The number of amides is 2. The number of hydrogen-bond donors (Lipinski definition) is 2. The number of rotatable bonds is 3. The molecule has 0 aromatic heterocycles. The lowest BCUT2D eigenvalue weighted by Crippen LogP contribution is -2.47. The summed E-state index contributed by atoms with van der Waals surface area (Å²) in [6.07, 6.45) is 2.61. The van der Waals surface area contributed by atoms with Crippen molar-refractivity contribution in [2.45, 2.75) is 33.1 Å². The molecule has 2 atom stereocenters. The highest BCUT2D eigenvalue weighted by Gasteiger charge is 2.45. The van der Waals surface area contributed by atoms with Crippen molar-refractivity contribution in [3.05, 3.63) is 0 Å². The average molecular weight is 254 g/mol. The molecule has 1 aliphatic heterocycles. The molecule has 5 nitrogen and oxygen atoms in total. The highest BCUT2D eigenvalue weighted by Crippen LogP contribution is 2.50. The number of carboxylic acid groups (broad SMARTS) is 1. The predicted octanol–water partition coefficient (Wildman–Crippen LogP) is 1.54. The van der Waals surface area contributed by atoms with E-state index in [1.807, 2.05) is 0 Å². The van der Waals surface area contributed by atoms with Gasteiger partial charge in [0, 0.05) is 19.6 Å². The number of nitrogens with zero attached hydrogens (tertiary/aromatic N) is 1. The molecule has 2 N–H and O–H groups in total. The van der Waals surface area contributed by atoms with Crippen LogP contribution in [0.1, 0.15) is 33.1 Å². The van der Waals surface area contributed by atoms with Gasteiger partial charge in [0.15, 0.2) is 0 Å². The van der Waals surface area contributed by atoms with Crippen LogP contribution in [0.5, 0.6) is 0 Å². The van der Waals surface area contributed by atoms with Crippen molar-refractivity contribution in [2.24, 2.45) is 17.3 Å². The van der Waals surface area contributed by atoms with Gasteiger partial charge in [-0.3, -0.25) is 4.79 Å². The van der Waals surface area contributed by atoms with Gasteiger partial charge >= 0.3 is 12.0 Å². The van der Waals surface area contributed by atoms with Crippen molar-refractivity contribution in [3.8, 4) is 0 Å². The maximum Gasteiger partial charge on any atom is 0.317 e. The quantitative estimate of drug-likeness (QED) is 0.802. The van der Waals surface area contributed by atoms with Gasteiger partial charge in [0.1, 0.15) is 0 Å². The third-order valence-corrected chi connectivity index (χ3v) is 4.28. The summed E-state index contributed by atoms with van der Waals surface area (Å²) in [6, 6.07) is -0.108. The predicted molar refractivity (Wildman–Crippen MR) is 67.2 cm³/mol. The van der Waals surface area contributed by atoms with E-state index in [1.165, 1.54) is 0 Å². The number of aliphatic carboxylic acids is 1. The maximum atomic E-state index is 11.9.